The van der Waals surface area contributed by atoms with Gasteiger partial charge in [0.15, 0.2) is 0 Å². The lowest BCUT2D eigenvalue weighted by Gasteiger charge is -2.30. The largest absolute Gasteiger partial charge is 0.478 e. The second-order valence-electron chi connectivity index (χ2n) is 6.33. The number of carboxylic acids is 1. The van der Waals surface area contributed by atoms with E-state index >= 15 is 0 Å². The van der Waals surface area contributed by atoms with Gasteiger partial charge in [-0.25, -0.2) is 21.9 Å². The number of hydrogen-bond donors (Lipinski definition) is 2. The van der Waals surface area contributed by atoms with E-state index in [2.05, 4.69) is 5.32 Å². The Hall–Kier alpha value is -2.00. The van der Waals surface area contributed by atoms with Gasteiger partial charge in [-0.05, 0) is 37.5 Å². The molecule has 0 bridgehead atoms. The van der Waals surface area contributed by atoms with Crippen LogP contribution in [0.15, 0.2) is 18.2 Å². The number of sulfonamides is 1. The molecule has 1 aromatic rings. The number of amides is 1. The van der Waals surface area contributed by atoms with Crippen molar-refractivity contribution in [2.24, 2.45) is 5.92 Å². The molecular formula is C17H23FN2O5S. The molecule has 1 heterocycles. The number of carbonyl (C=O) groups is 2. The van der Waals surface area contributed by atoms with Crippen molar-refractivity contribution in [3.63, 3.8) is 0 Å². The lowest BCUT2D eigenvalue weighted by molar-refractivity contribution is -0.120. The van der Waals surface area contributed by atoms with Crippen LogP contribution in [-0.2, 0) is 14.8 Å². The summed E-state index contributed by atoms with van der Waals surface area (Å²) in [7, 11) is -3.30. The first-order valence-electron chi connectivity index (χ1n) is 8.56. The van der Waals surface area contributed by atoms with Gasteiger partial charge in [-0.3, -0.25) is 4.79 Å². The fourth-order valence-corrected chi connectivity index (χ4v) is 4.52. The molecule has 2 N–H and O–H groups in total. The maximum Gasteiger partial charge on any atom is 0.335 e. The van der Waals surface area contributed by atoms with E-state index in [4.69, 9.17) is 5.11 Å². The topological polar surface area (TPSA) is 104 Å². The summed E-state index contributed by atoms with van der Waals surface area (Å²) >= 11 is 0. The Morgan fingerprint density at radius 3 is 2.54 bits per heavy atom. The fraction of sp³-hybridized carbons (Fsp3) is 0.529. The molecule has 0 aromatic heterocycles. The minimum absolute atomic E-state index is 0.105. The number of benzene rings is 1. The Balaban J connectivity index is 1.97. The molecule has 9 heteroatoms. The van der Waals surface area contributed by atoms with Gasteiger partial charge in [0.05, 0.1) is 17.0 Å². The number of unbranched alkanes of at least 4 members (excludes halogenated alkanes) is 1. The predicted octanol–water partition coefficient (Wildman–Crippen LogP) is 2.30. The molecule has 2 rings (SSSR count). The van der Waals surface area contributed by atoms with Gasteiger partial charge in [0.25, 0.3) is 0 Å². The molecule has 1 aliphatic rings. The average molecular weight is 386 g/mol. The standard InChI is InChI=1S/C17H23FN2O5S/c1-2-3-10-26(24,25)20-8-6-12(7-9-20)16(21)19-15-11-13(17(22)23)4-5-14(15)18/h4-5,11-12H,2-3,6-10H2,1H3,(H,19,21)(H,22,23). The first-order chi connectivity index (χ1) is 12.2. The van der Waals surface area contributed by atoms with E-state index in [9.17, 15) is 22.4 Å². The van der Waals surface area contributed by atoms with Crippen LogP contribution < -0.4 is 5.32 Å². The van der Waals surface area contributed by atoms with E-state index in [1.165, 1.54) is 4.31 Å². The number of nitrogens with one attached hydrogen (secondary N) is 1. The summed E-state index contributed by atoms with van der Waals surface area (Å²) < 4.78 is 39.6. The third kappa shape index (κ3) is 5.01. The van der Waals surface area contributed by atoms with E-state index in [0.717, 1.165) is 24.6 Å². The summed E-state index contributed by atoms with van der Waals surface area (Å²) in [4.78, 5) is 23.3. The Bertz CT molecular complexity index is 773. The van der Waals surface area contributed by atoms with Crippen LogP contribution in [0.5, 0.6) is 0 Å². The monoisotopic (exact) mass is 386 g/mol. The minimum Gasteiger partial charge on any atom is -0.478 e. The van der Waals surface area contributed by atoms with Crippen LogP contribution in [0.25, 0.3) is 0 Å². The third-order valence-corrected chi connectivity index (χ3v) is 6.40. The van der Waals surface area contributed by atoms with Crippen molar-refractivity contribution in [3.8, 4) is 0 Å². The zero-order chi connectivity index (χ0) is 19.3. The maximum absolute atomic E-state index is 13.8. The molecule has 0 radical (unpaired) electrons. The van der Waals surface area contributed by atoms with E-state index in [1.54, 1.807) is 0 Å². The van der Waals surface area contributed by atoms with Crippen LogP contribution in [0.1, 0.15) is 43.0 Å². The third-order valence-electron chi connectivity index (χ3n) is 4.45. The highest BCUT2D eigenvalue weighted by Gasteiger charge is 2.31. The second kappa shape index (κ2) is 8.59. The zero-order valence-corrected chi connectivity index (χ0v) is 15.4. The molecule has 0 spiro atoms. The Morgan fingerprint density at radius 1 is 1.31 bits per heavy atom. The van der Waals surface area contributed by atoms with E-state index in [0.29, 0.717) is 19.3 Å². The minimum atomic E-state index is -3.30. The molecule has 0 atom stereocenters. The molecular weight excluding hydrogens is 363 g/mol. The number of rotatable bonds is 7. The highest BCUT2D eigenvalue weighted by atomic mass is 32.2. The summed E-state index contributed by atoms with van der Waals surface area (Å²) in [6.45, 7) is 2.42. The molecule has 1 fully saturated rings. The molecule has 0 saturated carbocycles. The van der Waals surface area contributed by atoms with Gasteiger partial charge in [-0.1, -0.05) is 13.3 Å². The molecule has 7 nitrogen and oxygen atoms in total. The molecule has 0 unspecified atom stereocenters. The number of carbonyl (C=O) groups excluding carboxylic acids is 1. The van der Waals surface area contributed by atoms with Crippen LogP contribution in [0.3, 0.4) is 0 Å². The summed E-state index contributed by atoms with van der Waals surface area (Å²) in [6, 6.07) is 3.18. The van der Waals surface area contributed by atoms with Crippen LogP contribution in [0, 0.1) is 11.7 Å². The van der Waals surface area contributed by atoms with Crippen molar-refractivity contribution < 1.29 is 27.5 Å². The quantitative estimate of drug-likeness (QED) is 0.748. The Labute approximate surface area is 152 Å². The molecule has 1 aliphatic heterocycles. The van der Waals surface area contributed by atoms with Crippen LogP contribution in [0.4, 0.5) is 10.1 Å². The van der Waals surface area contributed by atoms with E-state index < -0.39 is 33.6 Å². The second-order valence-corrected chi connectivity index (χ2v) is 8.42. The van der Waals surface area contributed by atoms with Crippen LogP contribution in [-0.4, -0.2) is 48.5 Å². The van der Waals surface area contributed by atoms with Crippen molar-refractivity contribution in [3.05, 3.63) is 29.6 Å². The molecule has 144 valence electrons. The molecule has 26 heavy (non-hydrogen) atoms. The number of aromatic carboxylic acids is 1. The first-order valence-corrected chi connectivity index (χ1v) is 10.2. The molecule has 1 amide bonds. The highest BCUT2D eigenvalue weighted by Crippen LogP contribution is 2.23. The van der Waals surface area contributed by atoms with Crippen molar-refractivity contribution in [1.29, 1.82) is 0 Å². The molecule has 0 aliphatic carbocycles. The van der Waals surface area contributed by atoms with Crippen molar-refractivity contribution >= 4 is 27.6 Å². The predicted molar refractivity (Wildman–Crippen MR) is 95.0 cm³/mol. The van der Waals surface area contributed by atoms with Gasteiger partial charge < -0.3 is 10.4 Å². The van der Waals surface area contributed by atoms with Gasteiger partial charge in [0.1, 0.15) is 5.82 Å². The Kier molecular flexibility index (Phi) is 6.71. The first kappa shape index (κ1) is 20.3. The smallest absolute Gasteiger partial charge is 0.335 e. The van der Waals surface area contributed by atoms with Crippen LogP contribution in [0.2, 0.25) is 0 Å². The lowest BCUT2D eigenvalue weighted by atomic mass is 9.97. The fourth-order valence-electron chi connectivity index (χ4n) is 2.84. The number of nitrogens with zero attached hydrogens (tertiary/aromatic N) is 1. The van der Waals surface area contributed by atoms with Crippen molar-refractivity contribution in [2.45, 2.75) is 32.6 Å². The summed E-state index contributed by atoms with van der Waals surface area (Å²) in [5.74, 6) is -2.71. The summed E-state index contributed by atoms with van der Waals surface area (Å²) in [5, 5.41) is 11.4. The van der Waals surface area contributed by atoms with Crippen molar-refractivity contribution in [1.82, 2.24) is 4.31 Å². The van der Waals surface area contributed by atoms with Gasteiger partial charge in [-0.15, -0.1) is 0 Å². The number of piperidine rings is 1. The number of anilines is 1. The average Bonchev–Trinajstić information content (AvgIpc) is 2.61. The van der Waals surface area contributed by atoms with Crippen molar-refractivity contribution in [2.75, 3.05) is 24.2 Å². The molecule has 1 saturated heterocycles. The zero-order valence-electron chi connectivity index (χ0n) is 14.6. The highest BCUT2D eigenvalue weighted by molar-refractivity contribution is 7.89. The van der Waals surface area contributed by atoms with Gasteiger partial charge in [0.2, 0.25) is 15.9 Å². The SMILES string of the molecule is CCCCS(=O)(=O)N1CCC(C(=O)Nc2cc(C(=O)O)ccc2F)CC1. The maximum atomic E-state index is 13.8. The number of hydrogen-bond acceptors (Lipinski definition) is 4. The Morgan fingerprint density at radius 2 is 1.96 bits per heavy atom. The molecule has 1 aromatic carbocycles. The van der Waals surface area contributed by atoms with Gasteiger partial charge in [0, 0.05) is 19.0 Å². The van der Waals surface area contributed by atoms with Crippen LogP contribution >= 0.6 is 0 Å². The lowest BCUT2D eigenvalue weighted by Crippen LogP contribution is -2.42. The summed E-state index contributed by atoms with van der Waals surface area (Å²) in [6.07, 6.45) is 2.08. The normalized spacial score (nSPS) is 16.4. The summed E-state index contributed by atoms with van der Waals surface area (Å²) in [5.41, 5.74) is -0.313. The van der Waals surface area contributed by atoms with E-state index in [-0.39, 0.29) is 30.1 Å². The van der Waals surface area contributed by atoms with Gasteiger partial charge in [-0.2, -0.15) is 0 Å². The van der Waals surface area contributed by atoms with Gasteiger partial charge >= 0.3 is 5.97 Å². The number of halogens is 1. The van der Waals surface area contributed by atoms with E-state index in [1.807, 2.05) is 6.92 Å². The number of carboxylic acid groups (broad SMARTS) is 1.